The second-order valence-electron chi connectivity index (χ2n) is 8.72. The lowest BCUT2D eigenvalue weighted by atomic mass is 10.1. The minimum Gasteiger partial charge on any atom is -0.461 e. The summed E-state index contributed by atoms with van der Waals surface area (Å²) < 4.78 is 19.9. The molecule has 4 aromatic rings. The number of nitrogens with one attached hydrogen (secondary N) is 2. The van der Waals surface area contributed by atoms with Gasteiger partial charge in [0.25, 0.3) is 5.78 Å². The second kappa shape index (κ2) is 10.7. The molecule has 1 fully saturated rings. The average molecular weight is 494 g/mol. The van der Waals surface area contributed by atoms with Gasteiger partial charge in [-0.1, -0.05) is 12.1 Å². The van der Waals surface area contributed by atoms with Gasteiger partial charge in [-0.25, -0.2) is 4.39 Å². The number of aromatic nitrogens is 5. The zero-order valence-corrected chi connectivity index (χ0v) is 19.7. The Morgan fingerprint density at radius 1 is 1.14 bits per heavy atom. The molecule has 1 aliphatic rings. The zero-order valence-electron chi connectivity index (χ0n) is 19.7. The number of alkyl halides is 1. The number of rotatable bonds is 9. The van der Waals surface area contributed by atoms with Crippen molar-refractivity contribution in [1.29, 1.82) is 0 Å². The Kier molecular flexibility index (Phi) is 7.03. The van der Waals surface area contributed by atoms with Crippen molar-refractivity contribution >= 4 is 29.3 Å². The van der Waals surface area contributed by atoms with Crippen LogP contribution in [0.4, 0.5) is 22.0 Å². The minimum absolute atomic E-state index is 0.0411. The molecule has 0 spiro atoms. The quantitative estimate of drug-likeness (QED) is 0.321. The van der Waals surface area contributed by atoms with E-state index < -0.39 is 6.17 Å². The lowest BCUT2D eigenvalue weighted by Crippen LogP contribution is -2.36. The first kappa shape index (κ1) is 23.7. The van der Waals surface area contributed by atoms with Crippen molar-refractivity contribution in [1.82, 2.24) is 29.5 Å². The molecule has 5 rings (SSSR count). The van der Waals surface area contributed by atoms with Gasteiger partial charge in [0.15, 0.2) is 5.76 Å². The molecule has 3 aromatic heterocycles. The summed E-state index contributed by atoms with van der Waals surface area (Å²) in [5, 5.41) is 10.4. The summed E-state index contributed by atoms with van der Waals surface area (Å²) in [6.07, 6.45) is 3.07. The van der Waals surface area contributed by atoms with Gasteiger partial charge in [-0.15, -0.1) is 5.10 Å². The van der Waals surface area contributed by atoms with Crippen LogP contribution in [0.15, 0.2) is 47.1 Å². The molecule has 12 heteroatoms. The van der Waals surface area contributed by atoms with Crippen LogP contribution in [0.5, 0.6) is 0 Å². The lowest BCUT2D eigenvalue weighted by Gasteiger charge is -2.28. The van der Waals surface area contributed by atoms with Crippen LogP contribution in [0.1, 0.15) is 24.8 Å². The first-order valence-corrected chi connectivity index (χ1v) is 12.0. The summed E-state index contributed by atoms with van der Waals surface area (Å²) in [7, 11) is 0. The SMILES string of the molecule is Nc1nc(NCCc2ccc(NC(=O)CCN3CCC(F)CC3)cc2)nc2nc(-c3ccco3)nn12. The molecule has 11 nitrogen and oxygen atoms in total. The maximum absolute atomic E-state index is 13.2. The molecule has 36 heavy (non-hydrogen) atoms. The molecule has 0 saturated carbocycles. The van der Waals surface area contributed by atoms with Crippen molar-refractivity contribution in [3.63, 3.8) is 0 Å². The lowest BCUT2D eigenvalue weighted by molar-refractivity contribution is -0.116. The standard InChI is InChI=1S/C24H28FN9O2/c25-17-8-12-33(13-9-17)14-10-20(35)28-18-5-3-16(4-6-18)7-11-27-23-30-22(26)34-24(31-23)29-21(32-34)19-2-1-15-36-19/h1-6,15,17H,7-14H2,(H,28,35)(H3,26,27,29,30,31,32). The van der Waals surface area contributed by atoms with Crippen molar-refractivity contribution in [3.8, 4) is 11.6 Å². The van der Waals surface area contributed by atoms with Crippen molar-refractivity contribution < 1.29 is 13.6 Å². The zero-order chi connectivity index (χ0) is 24.9. The highest BCUT2D eigenvalue weighted by Gasteiger charge is 2.18. The Morgan fingerprint density at radius 2 is 1.94 bits per heavy atom. The van der Waals surface area contributed by atoms with Crippen molar-refractivity contribution in [2.75, 3.05) is 42.5 Å². The molecule has 0 bridgehead atoms. The van der Waals surface area contributed by atoms with Gasteiger partial charge in [-0.2, -0.15) is 19.5 Å². The molecule has 1 amide bonds. The van der Waals surface area contributed by atoms with Crippen LogP contribution in [0.25, 0.3) is 17.4 Å². The molecule has 1 aromatic carbocycles. The predicted molar refractivity (Wildman–Crippen MR) is 133 cm³/mol. The van der Waals surface area contributed by atoms with Crippen LogP contribution in [0.2, 0.25) is 0 Å². The van der Waals surface area contributed by atoms with E-state index in [1.54, 1.807) is 18.4 Å². The summed E-state index contributed by atoms with van der Waals surface area (Å²) in [5.74, 6) is 1.71. The number of nitrogens with zero attached hydrogens (tertiary/aromatic N) is 6. The normalized spacial score (nSPS) is 14.8. The predicted octanol–water partition coefficient (Wildman–Crippen LogP) is 2.78. The molecule has 1 aliphatic heterocycles. The third-order valence-electron chi connectivity index (χ3n) is 6.08. The van der Waals surface area contributed by atoms with E-state index in [1.807, 2.05) is 24.3 Å². The summed E-state index contributed by atoms with van der Waals surface area (Å²) >= 11 is 0. The number of carbonyl (C=O) groups is 1. The number of nitrogen functional groups attached to an aromatic ring is 1. The number of anilines is 3. The van der Waals surface area contributed by atoms with Crippen LogP contribution < -0.4 is 16.4 Å². The molecular formula is C24H28FN9O2. The summed E-state index contributed by atoms with van der Waals surface area (Å²) in [6, 6.07) is 11.2. The van der Waals surface area contributed by atoms with Crippen molar-refractivity contribution in [2.24, 2.45) is 0 Å². The Morgan fingerprint density at radius 3 is 2.69 bits per heavy atom. The van der Waals surface area contributed by atoms with Crippen LogP contribution in [0.3, 0.4) is 0 Å². The highest BCUT2D eigenvalue weighted by atomic mass is 19.1. The van der Waals surface area contributed by atoms with Crippen LogP contribution >= 0.6 is 0 Å². The summed E-state index contributed by atoms with van der Waals surface area (Å²) in [4.78, 5) is 27.4. The first-order valence-electron chi connectivity index (χ1n) is 12.0. The molecular weight excluding hydrogens is 465 g/mol. The second-order valence-corrected chi connectivity index (χ2v) is 8.72. The summed E-state index contributed by atoms with van der Waals surface area (Å²) in [6.45, 7) is 2.66. The van der Waals surface area contributed by atoms with Gasteiger partial charge in [0, 0.05) is 38.3 Å². The van der Waals surface area contributed by atoms with Crippen LogP contribution in [-0.4, -0.2) is 67.7 Å². The van der Waals surface area contributed by atoms with Gasteiger partial charge in [0.2, 0.25) is 23.6 Å². The number of hydrogen-bond acceptors (Lipinski definition) is 9. The van der Waals surface area contributed by atoms with Gasteiger partial charge in [-0.3, -0.25) is 4.79 Å². The molecule has 0 atom stereocenters. The van der Waals surface area contributed by atoms with Crippen molar-refractivity contribution in [2.45, 2.75) is 31.9 Å². The Labute approximate surface area is 206 Å². The Hall–Kier alpha value is -4.06. The van der Waals surface area contributed by atoms with E-state index in [0.29, 0.717) is 68.8 Å². The molecule has 4 N–H and O–H groups in total. The molecule has 1 saturated heterocycles. The number of hydrogen-bond donors (Lipinski definition) is 3. The van der Waals surface area contributed by atoms with Gasteiger partial charge < -0.3 is 25.7 Å². The van der Waals surface area contributed by atoms with E-state index in [9.17, 15) is 9.18 Å². The number of halogens is 1. The van der Waals surface area contributed by atoms with Gasteiger partial charge in [-0.05, 0) is 49.1 Å². The number of piperidine rings is 1. The van der Waals surface area contributed by atoms with Crippen molar-refractivity contribution in [3.05, 3.63) is 48.2 Å². The van der Waals surface area contributed by atoms with E-state index in [-0.39, 0.29) is 11.9 Å². The molecule has 188 valence electrons. The number of amides is 1. The van der Waals surface area contributed by atoms with E-state index in [4.69, 9.17) is 10.2 Å². The number of likely N-dealkylation sites (tertiary alicyclic amines) is 1. The highest BCUT2D eigenvalue weighted by molar-refractivity contribution is 5.90. The first-order chi connectivity index (χ1) is 17.5. The van der Waals surface area contributed by atoms with Gasteiger partial charge in [0.1, 0.15) is 6.17 Å². The fourth-order valence-electron chi connectivity index (χ4n) is 4.08. The highest BCUT2D eigenvalue weighted by Crippen LogP contribution is 2.18. The van der Waals surface area contributed by atoms with E-state index in [0.717, 1.165) is 17.7 Å². The number of furan rings is 1. The monoisotopic (exact) mass is 493 g/mol. The van der Waals surface area contributed by atoms with Gasteiger partial charge in [0.05, 0.1) is 6.26 Å². The smallest absolute Gasteiger partial charge is 0.259 e. The van der Waals surface area contributed by atoms with E-state index in [1.165, 1.54) is 4.52 Å². The van der Waals surface area contributed by atoms with E-state index in [2.05, 4.69) is 35.6 Å². The Balaban J connectivity index is 1.09. The average Bonchev–Trinajstić information content (AvgIpc) is 3.55. The van der Waals surface area contributed by atoms with Gasteiger partial charge >= 0.3 is 0 Å². The van der Waals surface area contributed by atoms with Crippen LogP contribution in [0, 0.1) is 0 Å². The summed E-state index contributed by atoms with van der Waals surface area (Å²) in [5.41, 5.74) is 7.86. The molecule has 0 aliphatic carbocycles. The largest absolute Gasteiger partial charge is 0.461 e. The fourth-order valence-corrected chi connectivity index (χ4v) is 4.08. The molecule has 0 radical (unpaired) electrons. The maximum Gasteiger partial charge on any atom is 0.259 e. The third kappa shape index (κ3) is 5.77. The Bertz CT molecular complexity index is 1300. The number of benzene rings is 1. The topological polar surface area (TPSA) is 139 Å². The maximum atomic E-state index is 13.2. The third-order valence-corrected chi connectivity index (χ3v) is 6.08. The van der Waals surface area contributed by atoms with E-state index >= 15 is 0 Å². The fraction of sp³-hybridized carbons (Fsp3) is 0.375. The van der Waals surface area contributed by atoms with Crippen LogP contribution in [-0.2, 0) is 11.2 Å². The number of nitrogens with two attached hydrogens (primary N) is 1. The molecule has 0 unspecified atom stereocenters. The molecule has 4 heterocycles. The number of carbonyl (C=O) groups excluding carboxylic acids is 1. The number of fused-ring (bicyclic) bond motifs is 1. The minimum atomic E-state index is -0.701.